The molecule has 468 valence electrons. The third-order valence-electron chi connectivity index (χ3n) is 24.6. The normalized spacial score (nSPS) is 32.3. The number of amides is 2. The van der Waals surface area contributed by atoms with Crippen LogP contribution in [0.3, 0.4) is 0 Å². The molecule has 13 nitrogen and oxygen atoms in total. The number of para-hydroxylation sites is 1. The van der Waals surface area contributed by atoms with Crippen LogP contribution in [0.1, 0.15) is 181 Å². The number of piperazine rings is 1. The van der Waals surface area contributed by atoms with Gasteiger partial charge in [0.05, 0.1) is 11.5 Å². The number of hydrogen-bond donors (Lipinski definition) is 0. The zero-order valence-corrected chi connectivity index (χ0v) is 54.9. The molecule has 0 spiro atoms. The molecule has 12 rings (SSSR count). The van der Waals surface area contributed by atoms with Gasteiger partial charge in [0.25, 0.3) is 5.91 Å². The number of allylic oxidation sites excluding steroid dienone is 6. The van der Waals surface area contributed by atoms with Crippen LogP contribution in [0.25, 0.3) is 28.0 Å². The molecule has 2 aromatic carbocycles. The maximum Gasteiger partial charge on any atom is 0.302 e. The van der Waals surface area contributed by atoms with Crippen molar-refractivity contribution in [2.75, 3.05) is 51.2 Å². The van der Waals surface area contributed by atoms with Crippen LogP contribution in [0.4, 0.5) is 5.69 Å². The second kappa shape index (κ2) is 23.0. The van der Waals surface area contributed by atoms with E-state index in [0.29, 0.717) is 61.3 Å². The van der Waals surface area contributed by atoms with Gasteiger partial charge in [-0.1, -0.05) is 116 Å². The Morgan fingerprint density at radius 2 is 1.45 bits per heavy atom. The van der Waals surface area contributed by atoms with Crippen molar-refractivity contribution < 1.29 is 52.4 Å². The number of nitrogens with zero attached hydrogens (tertiary/aromatic N) is 4. The van der Waals surface area contributed by atoms with E-state index in [2.05, 4.69) is 170 Å². The van der Waals surface area contributed by atoms with Crippen LogP contribution in [0.2, 0.25) is 0 Å². The van der Waals surface area contributed by atoms with Gasteiger partial charge in [0, 0.05) is 90.7 Å². The van der Waals surface area contributed by atoms with Crippen LogP contribution in [0.5, 0.6) is 0 Å². The van der Waals surface area contributed by atoms with Gasteiger partial charge >= 0.3 is 5.97 Å². The van der Waals surface area contributed by atoms with Crippen LogP contribution in [0, 0.1) is 66.9 Å². The van der Waals surface area contributed by atoms with E-state index in [9.17, 15) is 4.79 Å². The van der Waals surface area contributed by atoms with E-state index in [-0.39, 0.29) is 51.0 Å². The van der Waals surface area contributed by atoms with Gasteiger partial charge in [-0.05, 0) is 178 Å². The number of anilines is 1. The summed E-state index contributed by atoms with van der Waals surface area (Å²) in [6.45, 7) is 32.0. The second-order valence-electron chi connectivity index (χ2n) is 29.2. The van der Waals surface area contributed by atoms with Crippen molar-refractivity contribution in [3.05, 3.63) is 124 Å². The van der Waals surface area contributed by atoms with E-state index < -0.39 is 15.7 Å². The zero-order chi connectivity index (χ0) is 62.6. The molecule has 10 atom stereocenters. The average Bonchev–Trinajstić information content (AvgIpc) is 1.24. The van der Waals surface area contributed by atoms with Crippen molar-refractivity contribution in [1.82, 2.24) is 14.4 Å². The number of likely N-dealkylation sites (N-methyl/N-ethyl adjacent to an activating group) is 1. The van der Waals surface area contributed by atoms with Crippen molar-refractivity contribution in [3.8, 4) is 22.5 Å². The highest BCUT2D eigenvalue weighted by Crippen LogP contribution is 2.76. The molecule has 3 aliphatic heterocycles. The van der Waals surface area contributed by atoms with E-state index in [0.717, 1.165) is 129 Å². The minimum absolute atomic E-state index is 0.00354. The predicted octanol–water partition coefficient (Wildman–Crippen LogP) is 10.0. The Balaban J connectivity index is 0.00000151. The van der Waals surface area contributed by atoms with Gasteiger partial charge in [0.2, 0.25) is 11.3 Å². The fourth-order valence-electron chi connectivity index (χ4n) is 19.8. The second-order valence-corrected chi connectivity index (χ2v) is 30.0. The number of rotatable bonds is 7. The molecule has 0 unspecified atom stereocenters. The minimum Gasteiger partial charge on any atom is -0.462 e. The summed E-state index contributed by atoms with van der Waals surface area (Å²) < 4.78 is 49.6. The molecule has 2 amide bonds. The van der Waals surface area contributed by atoms with Gasteiger partial charge in [-0.25, -0.2) is 23.2 Å². The van der Waals surface area contributed by atoms with E-state index in [1.54, 1.807) is 12.5 Å². The molecule has 2 aromatic rings. The van der Waals surface area contributed by atoms with E-state index in [4.69, 9.17) is 27.8 Å². The summed E-state index contributed by atoms with van der Waals surface area (Å²) in [6, 6.07) is 23.7. The highest BCUT2D eigenvalue weighted by molar-refractivity contribution is 6.04. The number of fused-ring (bicyclic) bond motifs is 10. The van der Waals surface area contributed by atoms with E-state index in [1.807, 2.05) is 17.0 Å². The molecule has 5 fully saturated rings. The predicted molar refractivity (Wildman–Crippen MR) is 331 cm³/mol. The quantitative estimate of drug-likeness (QED) is 0.0983. The molecule has 10 aliphatic rings. The van der Waals surface area contributed by atoms with Crippen LogP contribution < -0.4 is 33.5 Å². The monoisotopic (exact) mass is 1210 g/mol. The number of halogens is 1. The molecule has 0 aromatic heterocycles. The number of benzene rings is 3. The highest BCUT2D eigenvalue weighted by Gasteiger charge is 2.70. The minimum atomic E-state index is -4.94. The molecular formula is C73H95ClN4O9. The molecule has 4 saturated carbocycles. The van der Waals surface area contributed by atoms with Crippen molar-refractivity contribution in [2.24, 2.45) is 56.7 Å². The Kier molecular flexibility index (Phi) is 16.7. The first-order valence-corrected chi connectivity index (χ1v) is 33.9. The zero-order valence-electron chi connectivity index (χ0n) is 54.1. The molecule has 7 aliphatic carbocycles. The fraction of sp³-hybridized carbons (Fsp3) is 0.589. The Bertz CT molecular complexity index is 3480. The van der Waals surface area contributed by atoms with Crippen molar-refractivity contribution in [3.63, 3.8) is 0 Å². The fourth-order valence-corrected chi connectivity index (χ4v) is 19.8. The molecular weight excluding hydrogens is 1110 g/mol. The summed E-state index contributed by atoms with van der Waals surface area (Å²) in [5.74, 6) is 4.09. The summed E-state index contributed by atoms with van der Waals surface area (Å²) in [6.07, 6.45) is 19.3. The summed E-state index contributed by atoms with van der Waals surface area (Å²) >= 11 is 0. The van der Waals surface area contributed by atoms with Gasteiger partial charge in [-0.15, -0.1) is 10.2 Å². The van der Waals surface area contributed by atoms with Crippen LogP contribution in [0.15, 0.2) is 101 Å². The van der Waals surface area contributed by atoms with Crippen molar-refractivity contribution >= 4 is 29.0 Å². The number of esters is 1. The summed E-state index contributed by atoms with van der Waals surface area (Å²) in [5, 5.41) is 1.13. The maximum absolute atomic E-state index is 15.9. The van der Waals surface area contributed by atoms with Crippen molar-refractivity contribution in [2.45, 2.75) is 172 Å². The van der Waals surface area contributed by atoms with E-state index in [1.165, 1.54) is 22.5 Å². The third kappa shape index (κ3) is 10.5. The Morgan fingerprint density at radius 3 is 2.14 bits per heavy atom. The lowest BCUT2D eigenvalue weighted by atomic mass is 9.33. The van der Waals surface area contributed by atoms with Crippen LogP contribution >= 0.6 is 0 Å². The van der Waals surface area contributed by atoms with Crippen LogP contribution in [-0.4, -0.2) is 80.0 Å². The van der Waals surface area contributed by atoms with Gasteiger partial charge < -0.3 is 23.9 Å². The smallest absolute Gasteiger partial charge is 0.302 e. The number of ether oxygens (including phenoxy) is 1. The van der Waals surface area contributed by atoms with Gasteiger partial charge in [-0.3, -0.25) is 14.4 Å². The highest BCUT2D eigenvalue weighted by atomic mass is 35.7. The third-order valence-corrected chi connectivity index (χ3v) is 24.6. The van der Waals surface area contributed by atoms with Crippen LogP contribution in [-0.2, 0) is 26.2 Å². The lowest BCUT2D eigenvalue weighted by Crippen LogP contribution is -2.68. The Hall–Kier alpha value is -5.57. The summed E-state index contributed by atoms with van der Waals surface area (Å²) in [4.78, 5) is 50.1. The van der Waals surface area contributed by atoms with E-state index >= 15 is 9.59 Å². The molecule has 1 saturated heterocycles. The topological polar surface area (TPSA) is 179 Å². The standard InChI is InChI=1S/C73H95N4O5.ClHO4/c1-14-75(15-2)50-28-29-53-58(45-50)82-65-49(27-32-61-68(6,7)55-25-18-19-26-57(55)74(61)13)21-20-24-54(65)63(53)51-22-16-17-23-52(51)66(79)76-41-43-77(44-42-76)67(80)73-38-33-46(3)47(4)64(73)56-30-31-60-70(10)36-35-62(81-48(5)78)69(8,9)59(70)34-37-72(60,12)71(56,11)39-40-73;2-1(3,4)5/h16-19,22-23,25-30,32,45-47,59-60,62,64H,14-15,20-21,24,31,33-44H2,1-13H3;(H,2,3,4,5)/q+1;/p-1/t46-,47+,59+,60-,62+,64+,70+,71-,72-,73+;/m1./s1. The number of hydrogen-bond acceptors (Lipinski definition) is 10. The first kappa shape index (κ1) is 63.0. The summed E-state index contributed by atoms with van der Waals surface area (Å²) in [7, 11) is -2.77. The lowest BCUT2D eigenvalue weighted by Gasteiger charge is -2.71. The molecule has 3 heterocycles. The van der Waals surface area contributed by atoms with Gasteiger partial charge in [0.15, 0.2) is 0 Å². The molecule has 87 heavy (non-hydrogen) atoms. The molecule has 14 heteroatoms. The first-order valence-electron chi connectivity index (χ1n) is 32.7. The van der Waals surface area contributed by atoms with Crippen molar-refractivity contribution in [1.29, 1.82) is 0 Å². The van der Waals surface area contributed by atoms with Gasteiger partial charge in [-0.2, -0.15) is 0 Å². The van der Waals surface area contributed by atoms with Gasteiger partial charge in [0.1, 0.15) is 30.7 Å². The lowest BCUT2D eigenvalue weighted by molar-refractivity contribution is -2.00. The largest absolute Gasteiger partial charge is 0.462 e. The summed E-state index contributed by atoms with van der Waals surface area (Å²) in [5.41, 5.74) is 11.1. The molecule has 0 bridgehead atoms. The number of carbonyl (C=O) groups is 3. The first-order chi connectivity index (χ1) is 41.0. The Morgan fingerprint density at radius 1 is 0.770 bits per heavy atom. The SMILES string of the molecule is CC[N+](CC)=c1ccc2c(-c3ccccc3C(=O)N3CCN(C(=O)[C@]45CC[C@@H](C)[C@H](C)[C@H]4C4=CC[C@@H]6[C@@]7(C)CC[C@H](OC(C)=O)C(C)(C)[C@@H]7CC[C@@]6(C)[C@]4(C)CC5)CC3)c3c(oc-2c1)/C(=C/C=C1/N(C)c2ccccc2C1(C)C)CCC3.[O-][Cl+3]([O-])([O-])[O-]. The molecule has 0 N–H and O–H groups in total. The molecule has 0 radical (unpaired) electrons. The average molecular weight is 1210 g/mol. The number of carbonyl (C=O) groups excluding carboxylic acids is 3. The maximum atomic E-state index is 15.9. The Labute approximate surface area is 519 Å².